The molecule has 0 spiro atoms. The summed E-state index contributed by atoms with van der Waals surface area (Å²) in [5.41, 5.74) is 0.0513. The molecule has 0 amide bonds. The van der Waals surface area contributed by atoms with Gasteiger partial charge in [0, 0.05) is 17.1 Å². The summed E-state index contributed by atoms with van der Waals surface area (Å²) >= 11 is 0. The third-order valence-corrected chi connectivity index (χ3v) is 4.29. The summed E-state index contributed by atoms with van der Waals surface area (Å²) in [7, 11) is 0. The van der Waals surface area contributed by atoms with E-state index in [0.717, 1.165) is 10.9 Å². The summed E-state index contributed by atoms with van der Waals surface area (Å²) < 4.78 is 38.8. The SMILES string of the molecule is OC1(c2cccc3[nH]ccc23)CCCC(C(F)(F)F)C1. The van der Waals surface area contributed by atoms with Gasteiger partial charge in [-0.05, 0) is 43.4 Å². The molecule has 1 aliphatic rings. The lowest BCUT2D eigenvalue weighted by molar-refractivity contribution is -0.201. The van der Waals surface area contributed by atoms with Crippen LogP contribution < -0.4 is 0 Å². The summed E-state index contributed by atoms with van der Waals surface area (Å²) in [5.74, 6) is -1.42. The van der Waals surface area contributed by atoms with E-state index in [2.05, 4.69) is 4.98 Å². The van der Waals surface area contributed by atoms with Gasteiger partial charge in [-0.1, -0.05) is 12.1 Å². The zero-order valence-corrected chi connectivity index (χ0v) is 10.9. The number of hydrogen-bond acceptors (Lipinski definition) is 1. The smallest absolute Gasteiger partial charge is 0.385 e. The Kier molecular flexibility index (Phi) is 3.05. The third kappa shape index (κ3) is 2.20. The first-order chi connectivity index (χ1) is 9.40. The van der Waals surface area contributed by atoms with Crippen molar-refractivity contribution < 1.29 is 18.3 Å². The Labute approximate surface area is 114 Å². The van der Waals surface area contributed by atoms with E-state index < -0.39 is 17.7 Å². The number of aromatic nitrogens is 1. The molecule has 20 heavy (non-hydrogen) atoms. The van der Waals surface area contributed by atoms with Crippen molar-refractivity contribution in [1.82, 2.24) is 4.98 Å². The highest BCUT2D eigenvalue weighted by Crippen LogP contribution is 2.47. The van der Waals surface area contributed by atoms with Crippen LogP contribution in [-0.4, -0.2) is 16.3 Å². The van der Waals surface area contributed by atoms with Crippen molar-refractivity contribution in [2.45, 2.75) is 37.5 Å². The van der Waals surface area contributed by atoms with Crippen LogP contribution in [0.25, 0.3) is 10.9 Å². The van der Waals surface area contributed by atoms with Crippen molar-refractivity contribution in [2.75, 3.05) is 0 Å². The topological polar surface area (TPSA) is 36.0 Å². The number of alkyl halides is 3. The lowest BCUT2D eigenvalue weighted by Crippen LogP contribution is -2.38. The fraction of sp³-hybridized carbons (Fsp3) is 0.467. The van der Waals surface area contributed by atoms with Crippen molar-refractivity contribution >= 4 is 10.9 Å². The Balaban J connectivity index is 2.01. The lowest BCUT2D eigenvalue weighted by Gasteiger charge is -2.38. The maximum absolute atomic E-state index is 12.9. The van der Waals surface area contributed by atoms with Crippen LogP contribution in [0, 0.1) is 5.92 Å². The zero-order valence-electron chi connectivity index (χ0n) is 10.9. The van der Waals surface area contributed by atoms with E-state index in [-0.39, 0.29) is 12.8 Å². The molecule has 2 unspecified atom stereocenters. The van der Waals surface area contributed by atoms with E-state index in [0.29, 0.717) is 18.4 Å². The highest BCUT2D eigenvalue weighted by atomic mass is 19.4. The molecule has 2 atom stereocenters. The van der Waals surface area contributed by atoms with Gasteiger partial charge in [0.25, 0.3) is 0 Å². The second-order valence-electron chi connectivity index (χ2n) is 5.61. The first-order valence-electron chi connectivity index (χ1n) is 6.76. The normalized spacial score (nSPS) is 27.9. The number of nitrogens with one attached hydrogen (secondary N) is 1. The molecule has 0 saturated heterocycles. The van der Waals surface area contributed by atoms with Crippen LogP contribution in [-0.2, 0) is 5.60 Å². The van der Waals surface area contributed by atoms with Gasteiger partial charge in [0.1, 0.15) is 0 Å². The summed E-state index contributed by atoms with van der Waals surface area (Å²) in [5, 5.41) is 11.6. The van der Waals surface area contributed by atoms with Gasteiger partial charge in [-0.3, -0.25) is 0 Å². The molecular formula is C15H16F3NO. The molecule has 2 aromatic rings. The second-order valence-corrected chi connectivity index (χ2v) is 5.61. The van der Waals surface area contributed by atoms with E-state index in [1.165, 1.54) is 0 Å². The van der Waals surface area contributed by atoms with Gasteiger partial charge in [-0.15, -0.1) is 0 Å². The van der Waals surface area contributed by atoms with Crippen LogP contribution in [0.5, 0.6) is 0 Å². The molecule has 1 aromatic heterocycles. The Morgan fingerprint density at radius 1 is 1.25 bits per heavy atom. The predicted molar refractivity (Wildman–Crippen MR) is 70.2 cm³/mol. The standard InChI is InChI=1S/C15H16F3NO/c16-15(17,18)10-3-2-7-14(20,9-10)12-4-1-5-13-11(12)6-8-19-13/h1,4-6,8,10,19-20H,2-3,7,9H2. The fourth-order valence-corrected chi connectivity index (χ4v) is 3.27. The molecule has 1 saturated carbocycles. The van der Waals surface area contributed by atoms with Crippen molar-refractivity contribution in [3.63, 3.8) is 0 Å². The second kappa shape index (κ2) is 4.52. The number of H-pyrrole nitrogens is 1. The fourth-order valence-electron chi connectivity index (χ4n) is 3.27. The number of aromatic amines is 1. The van der Waals surface area contributed by atoms with Crippen LogP contribution in [0.1, 0.15) is 31.2 Å². The molecule has 1 aromatic carbocycles. The first-order valence-corrected chi connectivity index (χ1v) is 6.76. The van der Waals surface area contributed by atoms with Crippen LogP contribution in [0.4, 0.5) is 13.2 Å². The molecule has 3 rings (SSSR count). The predicted octanol–water partition coefficient (Wildman–Crippen LogP) is 4.11. The molecule has 1 aliphatic carbocycles. The van der Waals surface area contributed by atoms with E-state index in [9.17, 15) is 18.3 Å². The Morgan fingerprint density at radius 3 is 2.80 bits per heavy atom. The average Bonchev–Trinajstić information content (AvgIpc) is 2.85. The molecule has 2 nitrogen and oxygen atoms in total. The number of halogens is 3. The van der Waals surface area contributed by atoms with E-state index >= 15 is 0 Å². The Hall–Kier alpha value is -1.49. The molecule has 0 radical (unpaired) electrons. The van der Waals surface area contributed by atoms with Gasteiger partial charge in [0.05, 0.1) is 11.5 Å². The quantitative estimate of drug-likeness (QED) is 0.812. The number of aliphatic hydroxyl groups is 1. The molecule has 2 N–H and O–H groups in total. The molecular weight excluding hydrogens is 267 g/mol. The summed E-state index contributed by atoms with van der Waals surface area (Å²) in [6.07, 6.45) is -1.87. The molecule has 1 heterocycles. The minimum Gasteiger partial charge on any atom is -0.385 e. The van der Waals surface area contributed by atoms with Gasteiger partial charge in [-0.25, -0.2) is 0 Å². The maximum Gasteiger partial charge on any atom is 0.391 e. The van der Waals surface area contributed by atoms with Crippen molar-refractivity contribution in [3.8, 4) is 0 Å². The number of fused-ring (bicyclic) bond motifs is 1. The molecule has 1 fully saturated rings. The Morgan fingerprint density at radius 2 is 2.05 bits per heavy atom. The minimum atomic E-state index is -4.24. The number of rotatable bonds is 1. The zero-order chi connectivity index (χ0) is 14.4. The summed E-state index contributed by atoms with van der Waals surface area (Å²) in [6.45, 7) is 0. The van der Waals surface area contributed by atoms with Gasteiger partial charge in [-0.2, -0.15) is 13.2 Å². The number of benzene rings is 1. The largest absolute Gasteiger partial charge is 0.391 e. The average molecular weight is 283 g/mol. The maximum atomic E-state index is 12.9. The lowest BCUT2D eigenvalue weighted by atomic mass is 9.73. The van der Waals surface area contributed by atoms with E-state index in [4.69, 9.17) is 0 Å². The molecule has 0 aliphatic heterocycles. The van der Waals surface area contributed by atoms with Crippen molar-refractivity contribution in [1.29, 1.82) is 0 Å². The highest BCUT2D eigenvalue weighted by Gasteiger charge is 2.47. The van der Waals surface area contributed by atoms with Crippen molar-refractivity contribution in [3.05, 3.63) is 36.0 Å². The van der Waals surface area contributed by atoms with Gasteiger partial charge in [0.15, 0.2) is 0 Å². The number of hydrogen-bond donors (Lipinski definition) is 2. The molecule has 0 bridgehead atoms. The summed E-state index contributed by atoms with van der Waals surface area (Å²) in [6, 6.07) is 7.16. The highest BCUT2D eigenvalue weighted by molar-refractivity contribution is 5.83. The monoisotopic (exact) mass is 283 g/mol. The van der Waals surface area contributed by atoms with Crippen molar-refractivity contribution in [2.24, 2.45) is 5.92 Å². The van der Waals surface area contributed by atoms with E-state index in [1.54, 1.807) is 24.4 Å². The van der Waals surface area contributed by atoms with Gasteiger partial charge < -0.3 is 10.1 Å². The van der Waals surface area contributed by atoms with E-state index in [1.807, 2.05) is 6.07 Å². The van der Waals surface area contributed by atoms with Gasteiger partial charge in [0.2, 0.25) is 0 Å². The van der Waals surface area contributed by atoms with Crippen LogP contribution in [0.3, 0.4) is 0 Å². The first kappa shape index (κ1) is 13.5. The van der Waals surface area contributed by atoms with Crippen LogP contribution in [0.15, 0.2) is 30.5 Å². The van der Waals surface area contributed by atoms with Crippen LogP contribution in [0.2, 0.25) is 0 Å². The summed E-state index contributed by atoms with van der Waals surface area (Å²) in [4.78, 5) is 3.02. The van der Waals surface area contributed by atoms with Gasteiger partial charge >= 0.3 is 6.18 Å². The molecule has 5 heteroatoms. The third-order valence-electron chi connectivity index (χ3n) is 4.29. The molecule has 108 valence electrons. The Bertz CT molecular complexity index is 619. The minimum absolute atomic E-state index is 0.106. The van der Waals surface area contributed by atoms with Crippen LogP contribution >= 0.6 is 0 Å².